The maximum absolute atomic E-state index is 11.7. The first-order valence-corrected chi connectivity index (χ1v) is 14.3. The summed E-state index contributed by atoms with van der Waals surface area (Å²) in [4.78, 5) is 22.0. The number of hydrogen-bond donors (Lipinski definition) is 1. The minimum absolute atomic E-state index is 0.182. The quantitative estimate of drug-likeness (QED) is 0.134. The maximum Gasteiger partial charge on any atom is 0.407 e. The van der Waals surface area contributed by atoms with Crippen LogP contribution in [0.5, 0.6) is 0 Å². The zero-order valence-electron chi connectivity index (χ0n) is 21.8. The van der Waals surface area contributed by atoms with Crippen LogP contribution in [0.1, 0.15) is 155 Å². The van der Waals surface area contributed by atoms with Crippen LogP contribution in [0.2, 0.25) is 0 Å². The number of rotatable bonds is 26. The molecule has 1 N–H and O–H groups in total. The number of nitrogens with one attached hydrogen (secondary N) is 1. The number of carboxylic acids is 1. The van der Waals surface area contributed by atoms with Crippen molar-refractivity contribution in [3.8, 4) is 0 Å². The minimum atomic E-state index is -0.944. The Hall–Kier alpha value is -1.26. The molecule has 0 spiro atoms. The number of carbonyl (C=O) groups is 2. The molecular weight excluding hydrogens is 414 g/mol. The van der Waals surface area contributed by atoms with Gasteiger partial charge in [-0.2, -0.15) is 0 Å². The average Bonchev–Trinajstić information content (AvgIpc) is 2.79. The van der Waals surface area contributed by atoms with Gasteiger partial charge in [-0.05, 0) is 25.7 Å². The number of ether oxygens (including phenoxy) is 1. The Labute approximate surface area is 204 Å². The zero-order chi connectivity index (χ0) is 24.2. The number of unbranched alkanes of at least 4 members (excludes halogenated alkanes) is 20. The molecule has 33 heavy (non-hydrogen) atoms. The smallest absolute Gasteiger partial charge is 0.407 e. The van der Waals surface area contributed by atoms with Crippen molar-refractivity contribution in [3.05, 3.63) is 0 Å². The van der Waals surface area contributed by atoms with Crippen LogP contribution < -0.4 is 10.4 Å². The molecule has 0 radical (unpaired) electrons. The van der Waals surface area contributed by atoms with E-state index in [0.717, 1.165) is 57.8 Å². The van der Waals surface area contributed by atoms with Crippen molar-refractivity contribution in [2.75, 3.05) is 13.2 Å². The van der Waals surface area contributed by atoms with Crippen molar-refractivity contribution in [2.45, 2.75) is 155 Å². The molecule has 0 aromatic carbocycles. The molecule has 0 aromatic rings. The van der Waals surface area contributed by atoms with E-state index in [4.69, 9.17) is 4.74 Å². The molecule has 1 amide bonds. The summed E-state index contributed by atoms with van der Waals surface area (Å²) in [6.07, 6.45) is 26.9. The van der Waals surface area contributed by atoms with Crippen LogP contribution in [0.15, 0.2) is 0 Å². The van der Waals surface area contributed by atoms with Gasteiger partial charge in [-0.25, -0.2) is 4.79 Å². The fraction of sp³-hybridized carbons (Fsp3) is 0.929. The highest BCUT2D eigenvalue weighted by molar-refractivity contribution is 5.66. The van der Waals surface area contributed by atoms with Gasteiger partial charge < -0.3 is 20.0 Å². The number of carbonyl (C=O) groups excluding carboxylic acids is 2. The summed E-state index contributed by atoms with van der Waals surface area (Å²) < 4.78 is 5.25. The molecule has 0 aliphatic heterocycles. The van der Waals surface area contributed by atoms with E-state index in [-0.39, 0.29) is 12.5 Å². The van der Waals surface area contributed by atoms with Crippen LogP contribution >= 0.6 is 0 Å². The maximum atomic E-state index is 11.7. The molecule has 0 bridgehead atoms. The summed E-state index contributed by atoms with van der Waals surface area (Å²) in [6, 6.07) is 0. The van der Waals surface area contributed by atoms with Crippen LogP contribution in [-0.4, -0.2) is 25.2 Å². The van der Waals surface area contributed by atoms with E-state index < -0.39 is 5.97 Å². The number of hydrogen-bond acceptors (Lipinski definition) is 4. The first kappa shape index (κ1) is 31.7. The van der Waals surface area contributed by atoms with E-state index in [9.17, 15) is 14.7 Å². The van der Waals surface area contributed by atoms with Gasteiger partial charge >= 0.3 is 6.09 Å². The normalized spacial score (nSPS) is 10.9. The first-order valence-electron chi connectivity index (χ1n) is 14.3. The Morgan fingerprint density at radius 1 is 0.576 bits per heavy atom. The Morgan fingerprint density at radius 3 is 1.42 bits per heavy atom. The second-order valence-corrected chi connectivity index (χ2v) is 9.61. The molecule has 0 aliphatic rings. The topological polar surface area (TPSA) is 78.5 Å². The largest absolute Gasteiger partial charge is 0.550 e. The molecule has 196 valence electrons. The lowest BCUT2D eigenvalue weighted by Crippen LogP contribution is -2.25. The van der Waals surface area contributed by atoms with Crippen molar-refractivity contribution < 1.29 is 19.4 Å². The fourth-order valence-corrected chi connectivity index (χ4v) is 4.16. The standard InChI is InChI=1S/C28H55NO4/c1-2-3-4-5-6-7-8-9-10-11-14-17-20-23-26-33-28(32)29-25-22-19-16-13-12-15-18-21-24-27(30)31/h2-26H2,1H3,(H,29,32)(H,30,31)/p-1. The van der Waals surface area contributed by atoms with Gasteiger partial charge in [-0.1, -0.05) is 129 Å². The third-order valence-electron chi connectivity index (χ3n) is 6.31. The summed E-state index contributed by atoms with van der Waals surface area (Å²) in [5, 5.41) is 13.2. The van der Waals surface area contributed by atoms with Crippen LogP contribution in [0.4, 0.5) is 4.79 Å². The SMILES string of the molecule is CCCCCCCCCCCCCCCCOC(=O)NCCCCCCCCCCC(=O)[O-]. The fourth-order valence-electron chi connectivity index (χ4n) is 4.16. The highest BCUT2D eigenvalue weighted by atomic mass is 16.5. The highest BCUT2D eigenvalue weighted by Crippen LogP contribution is 2.13. The zero-order valence-corrected chi connectivity index (χ0v) is 21.8. The molecule has 0 rings (SSSR count). The van der Waals surface area contributed by atoms with Crippen molar-refractivity contribution >= 4 is 12.1 Å². The minimum Gasteiger partial charge on any atom is -0.550 e. The Kier molecular flexibility index (Phi) is 26.0. The average molecular weight is 469 g/mol. The lowest BCUT2D eigenvalue weighted by molar-refractivity contribution is -0.305. The van der Waals surface area contributed by atoms with Crippen molar-refractivity contribution in [1.29, 1.82) is 0 Å². The molecule has 0 atom stereocenters. The van der Waals surface area contributed by atoms with E-state index in [1.165, 1.54) is 83.5 Å². The second kappa shape index (κ2) is 27.0. The van der Waals surface area contributed by atoms with Crippen molar-refractivity contribution in [1.82, 2.24) is 5.32 Å². The van der Waals surface area contributed by atoms with Crippen molar-refractivity contribution in [2.24, 2.45) is 0 Å². The molecule has 0 unspecified atom stereocenters. The molecule has 5 heteroatoms. The highest BCUT2D eigenvalue weighted by Gasteiger charge is 2.01. The summed E-state index contributed by atoms with van der Waals surface area (Å²) >= 11 is 0. The number of amides is 1. The van der Waals surface area contributed by atoms with Gasteiger partial charge in [0.05, 0.1) is 6.61 Å². The Balaban J connectivity index is 3.15. The second-order valence-electron chi connectivity index (χ2n) is 9.61. The molecule has 0 saturated carbocycles. The Bertz CT molecular complexity index is 428. The molecule has 0 aliphatic carbocycles. The molecular formula is C28H54NO4-. The molecule has 0 saturated heterocycles. The third kappa shape index (κ3) is 28.7. The monoisotopic (exact) mass is 468 g/mol. The number of aliphatic carboxylic acids is 1. The van der Waals surface area contributed by atoms with Gasteiger partial charge in [0.1, 0.15) is 0 Å². The van der Waals surface area contributed by atoms with Gasteiger partial charge in [0.25, 0.3) is 0 Å². The van der Waals surface area contributed by atoms with Crippen LogP contribution in [-0.2, 0) is 9.53 Å². The van der Waals surface area contributed by atoms with Crippen LogP contribution in [0.25, 0.3) is 0 Å². The lowest BCUT2D eigenvalue weighted by Gasteiger charge is -2.07. The predicted octanol–water partition coefficient (Wildman–Crippen LogP) is 7.45. The van der Waals surface area contributed by atoms with Crippen molar-refractivity contribution in [3.63, 3.8) is 0 Å². The van der Waals surface area contributed by atoms with Gasteiger partial charge in [-0.3, -0.25) is 0 Å². The van der Waals surface area contributed by atoms with Gasteiger partial charge in [-0.15, -0.1) is 0 Å². The molecule has 5 nitrogen and oxygen atoms in total. The van der Waals surface area contributed by atoms with E-state index in [1.807, 2.05) is 0 Å². The molecule has 0 heterocycles. The first-order chi connectivity index (χ1) is 16.2. The Morgan fingerprint density at radius 2 is 0.970 bits per heavy atom. The van der Waals surface area contributed by atoms with E-state index >= 15 is 0 Å². The van der Waals surface area contributed by atoms with Gasteiger partial charge in [0.15, 0.2) is 0 Å². The van der Waals surface area contributed by atoms with Crippen LogP contribution in [0.3, 0.4) is 0 Å². The molecule has 0 fully saturated rings. The predicted molar refractivity (Wildman–Crippen MR) is 136 cm³/mol. The number of alkyl carbamates (subject to hydrolysis) is 1. The lowest BCUT2D eigenvalue weighted by atomic mass is 10.0. The summed E-state index contributed by atoms with van der Waals surface area (Å²) in [7, 11) is 0. The summed E-state index contributed by atoms with van der Waals surface area (Å²) in [5.74, 6) is -0.944. The molecule has 0 aromatic heterocycles. The number of carboxylic acid groups (broad SMARTS) is 1. The van der Waals surface area contributed by atoms with Crippen LogP contribution in [0, 0.1) is 0 Å². The van der Waals surface area contributed by atoms with Gasteiger partial charge in [0.2, 0.25) is 0 Å². The van der Waals surface area contributed by atoms with E-state index in [1.54, 1.807) is 0 Å². The van der Waals surface area contributed by atoms with Gasteiger partial charge in [0, 0.05) is 12.5 Å². The van der Waals surface area contributed by atoms with E-state index in [2.05, 4.69) is 12.2 Å². The summed E-state index contributed by atoms with van der Waals surface area (Å²) in [6.45, 7) is 3.48. The van der Waals surface area contributed by atoms with E-state index in [0.29, 0.717) is 13.2 Å². The third-order valence-corrected chi connectivity index (χ3v) is 6.31. The summed E-state index contributed by atoms with van der Waals surface area (Å²) in [5.41, 5.74) is 0.